The molecule has 0 unspecified atom stereocenters. The van der Waals surface area contributed by atoms with E-state index in [-0.39, 0.29) is 19.0 Å². The van der Waals surface area contributed by atoms with Crippen molar-refractivity contribution in [3.63, 3.8) is 0 Å². The number of benzene rings is 2. The minimum absolute atomic E-state index is 0.00208. The average Bonchev–Trinajstić information content (AvgIpc) is 3.16. The normalized spacial score (nSPS) is 11.3. The fraction of sp³-hybridized carbons (Fsp3) is 0.286. The van der Waals surface area contributed by atoms with Gasteiger partial charge >= 0.3 is 0 Å². The summed E-state index contributed by atoms with van der Waals surface area (Å²) < 4.78 is 30.9. The van der Waals surface area contributed by atoms with E-state index in [0.717, 1.165) is 32.8 Å². The molecule has 1 aromatic heterocycles. The number of sulfonamides is 1. The molecule has 3 rings (SSSR count). The van der Waals surface area contributed by atoms with Crippen LogP contribution in [0.1, 0.15) is 22.6 Å². The van der Waals surface area contributed by atoms with Gasteiger partial charge in [0, 0.05) is 5.56 Å². The monoisotopic (exact) mass is 428 g/mol. The summed E-state index contributed by atoms with van der Waals surface area (Å²) in [6, 6.07) is 13.0. The second-order valence-electron chi connectivity index (χ2n) is 7.14. The molecule has 1 amide bonds. The molecule has 1 heterocycles. The van der Waals surface area contributed by atoms with E-state index < -0.39 is 15.9 Å². The second-order valence-corrected chi connectivity index (χ2v) is 9.05. The van der Waals surface area contributed by atoms with Crippen molar-refractivity contribution < 1.29 is 17.7 Å². The molecule has 0 aliphatic rings. The van der Waals surface area contributed by atoms with E-state index in [1.54, 1.807) is 12.1 Å². The molecule has 0 aliphatic heterocycles. The van der Waals surface area contributed by atoms with Gasteiger partial charge in [-0.05, 0) is 38.0 Å². The molecular formula is C21H24N4O4S. The van der Waals surface area contributed by atoms with Gasteiger partial charge in [-0.2, -0.15) is 4.98 Å². The van der Waals surface area contributed by atoms with Crippen LogP contribution in [0.3, 0.4) is 0 Å². The molecule has 0 bridgehead atoms. The van der Waals surface area contributed by atoms with Gasteiger partial charge in [0.25, 0.3) is 0 Å². The smallest absolute Gasteiger partial charge is 0.246 e. The number of aromatic nitrogens is 2. The van der Waals surface area contributed by atoms with Gasteiger partial charge in [-0.15, -0.1) is 0 Å². The lowest BCUT2D eigenvalue weighted by molar-refractivity contribution is -0.119. The SMILES string of the molecule is Cc1ccc(-c2noc(CNC(=O)CN(c3cccc(C)c3C)S(C)(=O)=O)n2)cc1. The molecule has 0 spiro atoms. The third kappa shape index (κ3) is 5.04. The Labute approximate surface area is 176 Å². The van der Waals surface area contributed by atoms with Gasteiger partial charge in [-0.1, -0.05) is 47.1 Å². The Morgan fingerprint density at radius 3 is 2.47 bits per heavy atom. The Balaban J connectivity index is 1.68. The fourth-order valence-electron chi connectivity index (χ4n) is 2.89. The van der Waals surface area contributed by atoms with Gasteiger partial charge in [0.2, 0.25) is 27.6 Å². The third-order valence-corrected chi connectivity index (χ3v) is 5.87. The van der Waals surface area contributed by atoms with Crippen LogP contribution in [0.15, 0.2) is 47.0 Å². The molecule has 2 aromatic carbocycles. The second kappa shape index (κ2) is 8.66. The van der Waals surface area contributed by atoms with Gasteiger partial charge in [-0.3, -0.25) is 9.10 Å². The molecule has 0 aliphatic carbocycles. The summed E-state index contributed by atoms with van der Waals surface area (Å²) in [7, 11) is -3.65. The van der Waals surface area contributed by atoms with Crippen LogP contribution in [0.2, 0.25) is 0 Å². The lowest BCUT2D eigenvalue weighted by Gasteiger charge is -2.24. The van der Waals surface area contributed by atoms with E-state index >= 15 is 0 Å². The van der Waals surface area contributed by atoms with Crippen molar-refractivity contribution in [2.45, 2.75) is 27.3 Å². The Bertz CT molecular complexity index is 1150. The van der Waals surface area contributed by atoms with Crippen molar-refractivity contribution in [2.24, 2.45) is 0 Å². The van der Waals surface area contributed by atoms with E-state index in [2.05, 4.69) is 15.5 Å². The first-order chi connectivity index (χ1) is 14.1. The van der Waals surface area contributed by atoms with Crippen molar-refractivity contribution in [1.82, 2.24) is 15.5 Å². The molecule has 1 N–H and O–H groups in total. The largest absolute Gasteiger partial charge is 0.345 e. The van der Waals surface area contributed by atoms with E-state index in [1.807, 2.05) is 51.1 Å². The highest BCUT2D eigenvalue weighted by molar-refractivity contribution is 7.92. The van der Waals surface area contributed by atoms with Crippen molar-refractivity contribution in [3.05, 3.63) is 65.0 Å². The fourth-order valence-corrected chi connectivity index (χ4v) is 3.80. The number of carbonyl (C=O) groups excluding carboxylic acids is 1. The van der Waals surface area contributed by atoms with Crippen molar-refractivity contribution in [3.8, 4) is 11.4 Å². The average molecular weight is 429 g/mol. The molecule has 0 atom stereocenters. The first-order valence-corrected chi connectivity index (χ1v) is 11.2. The molecule has 3 aromatic rings. The topological polar surface area (TPSA) is 105 Å². The zero-order valence-corrected chi connectivity index (χ0v) is 18.2. The summed E-state index contributed by atoms with van der Waals surface area (Å²) >= 11 is 0. The number of nitrogens with zero attached hydrogens (tertiary/aromatic N) is 3. The van der Waals surface area contributed by atoms with Crippen LogP contribution in [0, 0.1) is 20.8 Å². The van der Waals surface area contributed by atoms with Crippen LogP contribution in [0.5, 0.6) is 0 Å². The van der Waals surface area contributed by atoms with Gasteiger partial charge in [0.05, 0.1) is 18.5 Å². The molecule has 0 saturated carbocycles. The highest BCUT2D eigenvalue weighted by atomic mass is 32.2. The number of hydrogen-bond acceptors (Lipinski definition) is 6. The predicted molar refractivity (Wildman–Crippen MR) is 114 cm³/mol. The summed E-state index contributed by atoms with van der Waals surface area (Å²) in [6.07, 6.45) is 1.08. The van der Waals surface area contributed by atoms with E-state index in [0.29, 0.717) is 11.5 Å². The highest BCUT2D eigenvalue weighted by Gasteiger charge is 2.23. The van der Waals surface area contributed by atoms with Crippen LogP contribution in [0.4, 0.5) is 5.69 Å². The third-order valence-electron chi connectivity index (χ3n) is 4.75. The molecule has 0 saturated heterocycles. The minimum Gasteiger partial charge on any atom is -0.345 e. The summed E-state index contributed by atoms with van der Waals surface area (Å²) in [5.74, 6) is 0.181. The standard InChI is InChI=1S/C21H24N4O4S/c1-14-8-10-17(11-9-14)21-23-20(29-24-21)12-22-19(26)13-25(30(4,27)28)18-7-5-6-15(2)16(18)3/h5-11H,12-13H2,1-4H3,(H,22,26). The molecule has 8 nitrogen and oxygen atoms in total. The maximum Gasteiger partial charge on any atom is 0.246 e. The number of nitrogens with one attached hydrogen (secondary N) is 1. The maximum absolute atomic E-state index is 12.5. The highest BCUT2D eigenvalue weighted by Crippen LogP contribution is 2.24. The lowest BCUT2D eigenvalue weighted by Crippen LogP contribution is -2.40. The van der Waals surface area contributed by atoms with E-state index in [9.17, 15) is 13.2 Å². The first kappa shape index (κ1) is 21.5. The van der Waals surface area contributed by atoms with Crippen molar-refractivity contribution >= 4 is 21.6 Å². The molecule has 0 radical (unpaired) electrons. The van der Waals surface area contributed by atoms with E-state index in [1.165, 1.54) is 0 Å². The summed E-state index contributed by atoms with van der Waals surface area (Å²) in [5.41, 5.74) is 4.15. The molecular weight excluding hydrogens is 404 g/mol. The number of carbonyl (C=O) groups is 1. The van der Waals surface area contributed by atoms with E-state index in [4.69, 9.17) is 4.52 Å². The Kier molecular flexibility index (Phi) is 6.21. The maximum atomic E-state index is 12.5. The minimum atomic E-state index is -3.65. The van der Waals surface area contributed by atoms with Gasteiger partial charge in [0.1, 0.15) is 6.54 Å². The van der Waals surface area contributed by atoms with Gasteiger partial charge in [-0.25, -0.2) is 8.42 Å². The zero-order chi connectivity index (χ0) is 21.9. The summed E-state index contributed by atoms with van der Waals surface area (Å²) in [4.78, 5) is 16.7. The van der Waals surface area contributed by atoms with Crippen molar-refractivity contribution in [1.29, 1.82) is 0 Å². The number of aryl methyl sites for hydroxylation is 2. The molecule has 30 heavy (non-hydrogen) atoms. The zero-order valence-electron chi connectivity index (χ0n) is 17.3. The van der Waals surface area contributed by atoms with Crippen LogP contribution in [-0.2, 0) is 21.4 Å². The van der Waals surface area contributed by atoms with Gasteiger partial charge in [0.15, 0.2) is 0 Å². The van der Waals surface area contributed by atoms with Crippen molar-refractivity contribution in [2.75, 3.05) is 17.1 Å². The molecule has 9 heteroatoms. The lowest BCUT2D eigenvalue weighted by atomic mass is 10.1. The number of anilines is 1. The molecule has 0 fully saturated rings. The van der Waals surface area contributed by atoms with Crippen LogP contribution in [-0.4, -0.2) is 37.3 Å². The number of rotatable bonds is 7. The molecule has 158 valence electrons. The Hall–Kier alpha value is -3.20. The van der Waals surface area contributed by atoms with Crippen LogP contribution >= 0.6 is 0 Å². The Morgan fingerprint density at radius 2 is 1.80 bits per heavy atom. The van der Waals surface area contributed by atoms with Crippen LogP contribution < -0.4 is 9.62 Å². The summed E-state index contributed by atoms with van der Waals surface area (Å²) in [6.45, 7) is 5.36. The first-order valence-electron chi connectivity index (χ1n) is 9.35. The number of hydrogen-bond donors (Lipinski definition) is 1. The van der Waals surface area contributed by atoms with Crippen LogP contribution in [0.25, 0.3) is 11.4 Å². The predicted octanol–water partition coefficient (Wildman–Crippen LogP) is 2.74. The summed E-state index contributed by atoms with van der Waals surface area (Å²) in [5, 5.41) is 6.56. The quantitative estimate of drug-likeness (QED) is 0.620. The Morgan fingerprint density at radius 1 is 1.10 bits per heavy atom. The number of amides is 1. The van der Waals surface area contributed by atoms with Gasteiger partial charge < -0.3 is 9.84 Å².